The molecule has 5 heteroatoms. The monoisotopic (exact) mass is 335 g/mol. The number of fused-ring (bicyclic) bond motifs is 1. The van der Waals surface area contributed by atoms with Crippen LogP contribution in [0, 0.1) is 20.8 Å². The molecule has 0 saturated carbocycles. The smallest absolute Gasteiger partial charge is 0.413 e. The molecular formula is C19H29NO4. The van der Waals surface area contributed by atoms with E-state index in [0.29, 0.717) is 18.6 Å². The molecule has 1 atom stereocenters. The molecule has 1 aliphatic rings. The van der Waals surface area contributed by atoms with Crippen molar-refractivity contribution in [2.24, 2.45) is 0 Å². The number of rotatable bonds is 3. The second-order valence-electron chi connectivity index (χ2n) is 7.98. The Morgan fingerprint density at radius 2 is 1.88 bits per heavy atom. The lowest BCUT2D eigenvalue weighted by Gasteiger charge is -2.23. The van der Waals surface area contributed by atoms with Crippen LogP contribution in [-0.4, -0.2) is 28.9 Å². The molecule has 1 heterocycles. The first-order chi connectivity index (χ1) is 11.0. The minimum Gasteiger partial charge on any atom is -0.487 e. The first-order valence-electron chi connectivity index (χ1n) is 8.40. The Bertz CT molecular complexity index is 661. The highest BCUT2D eigenvalue weighted by atomic mass is 16.6. The number of hydrogen-bond donors (Lipinski definition) is 2. The van der Waals surface area contributed by atoms with E-state index in [0.717, 1.165) is 28.0 Å². The van der Waals surface area contributed by atoms with Gasteiger partial charge in [0.2, 0.25) is 0 Å². The summed E-state index contributed by atoms with van der Waals surface area (Å²) in [6.45, 7) is 13.7. The topological polar surface area (TPSA) is 67.8 Å². The molecule has 1 aromatic carbocycles. The van der Waals surface area contributed by atoms with Crippen LogP contribution >= 0.6 is 0 Å². The van der Waals surface area contributed by atoms with E-state index in [1.54, 1.807) is 0 Å². The SMILES string of the molecule is Cc1c(C)c2c(c(C)c1OC(=O)NC(C)(C)C)CC(C)(CCO)O2. The molecule has 2 rings (SSSR count). The number of hydrogen-bond acceptors (Lipinski definition) is 4. The number of benzene rings is 1. The second kappa shape index (κ2) is 6.28. The lowest BCUT2D eigenvalue weighted by Crippen LogP contribution is -2.42. The summed E-state index contributed by atoms with van der Waals surface area (Å²) in [6, 6.07) is 0. The predicted molar refractivity (Wildman–Crippen MR) is 94.0 cm³/mol. The molecule has 0 spiro atoms. The van der Waals surface area contributed by atoms with Crippen molar-refractivity contribution in [2.45, 2.75) is 72.4 Å². The van der Waals surface area contributed by atoms with Crippen molar-refractivity contribution in [3.63, 3.8) is 0 Å². The van der Waals surface area contributed by atoms with E-state index in [1.165, 1.54) is 0 Å². The van der Waals surface area contributed by atoms with Gasteiger partial charge in [-0.1, -0.05) is 0 Å². The minimum absolute atomic E-state index is 0.0823. The number of carbonyl (C=O) groups is 1. The van der Waals surface area contributed by atoms with Gasteiger partial charge >= 0.3 is 6.09 Å². The van der Waals surface area contributed by atoms with E-state index >= 15 is 0 Å². The molecule has 0 fully saturated rings. The van der Waals surface area contributed by atoms with E-state index in [-0.39, 0.29) is 12.1 Å². The molecule has 0 saturated heterocycles. The minimum atomic E-state index is -0.454. The number of aliphatic hydroxyl groups is 1. The zero-order valence-electron chi connectivity index (χ0n) is 15.8. The number of carbonyl (C=O) groups excluding carboxylic acids is 1. The van der Waals surface area contributed by atoms with E-state index in [4.69, 9.17) is 9.47 Å². The van der Waals surface area contributed by atoms with Crippen LogP contribution in [0.2, 0.25) is 0 Å². The van der Waals surface area contributed by atoms with Crippen molar-refractivity contribution >= 4 is 6.09 Å². The van der Waals surface area contributed by atoms with Crippen LogP contribution in [0.3, 0.4) is 0 Å². The van der Waals surface area contributed by atoms with Gasteiger partial charge in [-0.2, -0.15) is 0 Å². The van der Waals surface area contributed by atoms with Gasteiger partial charge in [-0.05, 0) is 65.2 Å². The first-order valence-corrected chi connectivity index (χ1v) is 8.40. The maximum Gasteiger partial charge on any atom is 0.413 e. The molecule has 0 aliphatic carbocycles. The fourth-order valence-corrected chi connectivity index (χ4v) is 3.12. The molecule has 24 heavy (non-hydrogen) atoms. The zero-order chi connectivity index (χ0) is 18.3. The van der Waals surface area contributed by atoms with Gasteiger partial charge in [0.25, 0.3) is 0 Å². The quantitative estimate of drug-likeness (QED) is 0.886. The summed E-state index contributed by atoms with van der Waals surface area (Å²) >= 11 is 0. The van der Waals surface area contributed by atoms with Crippen molar-refractivity contribution in [2.75, 3.05) is 6.61 Å². The molecule has 1 aliphatic heterocycles. The second-order valence-corrected chi connectivity index (χ2v) is 7.98. The number of aliphatic hydroxyl groups excluding tert-OH is 1. The predicted octanol–water partition coefficient (Wildman–Crippen LogP) is 3.57. The molecule has 1 aromatic rings. The van der Waals surface area contributed by atoms with Crippen molar-refractivity contribution in [1.29, 1.82) is 0 Å². The van der Waals surface area contributed by atoms with Crippen molar-refractivity contribution in [1.82, 2.24) is 5.32 Å². The lowest BCUT2D eigenvalue weighted by molar-refractivity contribution is 0.0805. The van der Waals surface area contributed by atoms with Crippen molar-refractivity contribution in [3.05, 3.63) is 22.3 Å². The number of nitrogens with one attached hydrogen (secondary N) is 1. The zero-order valence-corrected chi connectivity index (χ0v) is 15.8. The molecular weight excluding hydrogens is 306 g/mol. The molecule has 1 unspecified atom stereocenters. The fourth-order valence-electron chi connectivity index (χ4n) is 3.12. The molecule has 0 radical (unpaired) electrons. The van der Waals surface area contributed by atoms with Gasteiger partial charge < -0.3 is 19.9 Å². The average Bonchev–Trinajstić information content (AvgIpc) is 2.78. The van der Waals surface area contributed by atoms with E-state index < -0.39 is 11.7 Å². The van der Waals surface area contributed by atoms with Gasteiger partial charge in [0.05, 0.1) is 0 Å². The highest BCUT2D eigenvalue weighted by Crippen LogP contribution is 2.46. The van der Waals surface area contributed by atoms with Crippen LogP contribution in [0.1, 0.15) is 56.4 Å². The van der Waals surface area contributed by atoms with Crippen LogP contribution in [0.15, 0.2) is 0 Å². The standard InChI is InChI=1S/C19H29NO4/c1-11-12(2)16-14(10-19(7,24-16)8-9-21)13(3)15(11)23-17(22)20-18(4,5)6/h21H,8-10H2,1-7H3,(H,20,22). The van der Waals surface area contributed by atoms with Crippen molar-refractivity contribution < 1.29 is 19.4 Å². The summed E-state index contributed by atoms with van der Waals surface area (Å²) in [5.74, 6) is 1.47. The van der Waals surface area contributed by atoms with Crippen LogP contribution in [-0.2, 0) is 6.42 Å². The van der Waals surface area contributed by atoms with Gasteiger partial charge in [-0.15, -0.1) is 0 Å². The van der Waals surface area contributed by atoms with Crippen molar-refractivity contribution in [3.8, 4) is 11.5 Å². The Hall–Kier alpha value is -1.75. The molecule has 0 bridgehead atoms. The van der Waals surface area contributed by atoms with Crippen LogP contribution in [0.4, 0.5) is 4.79 Å². The summed E-state index contributed by atoms with van der Waals surface area (Å²) in [5.41, 5.74) is 3.12. The summed E-state index contributed by atoms with van der Waals surface area (Å²) in [5, 5.41) is 12.1. The van der Waals surface area contributed by atoms with Gasteiger partial charge in [0, 0.05) is 30.6 Å². The van der Waals surface area contributed by atoms with Crippen LogP contribution < -0.4 is 14.8 Å². The molecule has 2 N–H and O–H groups in total. The molecule has 134 valence electrons. The summed E-state index contributed by atoms with van der Waals surface area (Å²) in [7, 11) is 0. The third kappa shape index (κ3) is 3.66. The third-order valence-corrected chi connectivity index (χ3v) is 4.52. The highest BCUT2D eigenvalue weighted by Gasteiger charge is 2.38. The Labute approximate surface area is 144 Å². The Kier molecular flexibility index (Phi) is 4.86. The lowest BCUT2D eigenvalue weighted by atomic mass is 9.91. The molecule has 5 nitrogen and oxygen atoms in total. The maximum absolute atomic E-state index is 12.2. The molecule has 1 amide bonds. The fraction of sp³-hybridized carbons (Fsp3) is 0.632. The van der Waals surface area contributed by atoms with Gasteiger partial charge in [0.15, 0.2) is 0 Å². The van der Waals surface area contributed by atoms with Crippen LogP contribution in [0.25, 0.3) is 0 Å². The van der Waals surface area contributed by atoms with Gasteiger partial charge in [-0.25, -0.2) is 4.79 Å². The molecule has 0 aromatic heterocycles. The third-order valence-electron chi connectivity index (χ3n) is 4.52. The highest BCUT2D eigenvalue weighted by molar-refractivity contribution is 5.73. The summed E-state index contributed by atoms with van der Waals surface area (Å²) in [6.07, 6.45) is 0.818. The first kappa shape index (κ1) is 18.6. The van der Waals surface area contributed by atoms with Crippen LogP contribution in [0.5, 0.6) is 11.5 Å². The van der Waals surface area contributed by atoms with Gasteiger partial charge in [0.1, 0.15) is 17.1 Å². The average molecular weight is 335 g/mol. The number of amides is 1. The van der Waals surface area contributed by atoms with E-state index in [1.807, 2.05) is 48.5 Å². The normalized spacial score (nSPS) is 19.7. The summed E-state index contributed by atoms with van der Waals surface area (Å²) < 4.78 is 11.8. The van der Waals surface area contributed by atoms with E-state index in [2.05, 4.69) is 5.32 Å². The van der Waals surface area contributed by atoms with Gasteiger partial charge in [-0.3, -0.25) is 0 Å². The Morgan fingerprint density at radius 3 is 2.42 bits per heavy atom. The largest absolute Gasteiger partial charge is 0.487 e. The summed E-state index contributed by atoms with van der Waals surface area (Å²) in [4.78, 5) is 12.2. The number of ether oxygens (including phenoxy) is 2. The Balaban J connectivity index is 2.37. The van der Waals surface area contributed by atoms with E-state index in [9.17, 15) is 9.90 Å². The Morgan fingerprint density at radius 1 is 1.25 bits per heavy atom. The maximum atomic E-state index is 12.2.